The van der Waals surface area contributed by atoms with Crippen molar-refractivity contribution in [2.24, 2.45) is 9.98 Å². The molecule has 2 heterocycles. The summed E-state index contributed by atoms with van der Waals surface area (Å²) < 4.78 is 38.9. The molecule has 1 N–H and O–H groups in total. The number of hydrogen-bond donors (Lipinski definition) is 1. The number of aliphatic imine (C=N–C) groups is 2. The number of anilines is 1. The van der Waals surface area contributed by atoms with E-state index in [0.717, 1.165) is 29.5 Å². The van der Waals surface area contributed by atoms with E-state index in [1.807, 2.05) is 48.5 Å². The van der Waals surface area contributed by atoms with Crippen molar-refractivity contribution < 1.29 is 22.8 Å². The highest BCUT2D eigenvalue weighted by Gasteiger charge is 2.42. The van der Waals surface area contributed by atoms with E-state index >= 15 is 0 Å². The van der Waals surface area contributed by atoms with E-state index in [-0.39, 0.29) is 17.3 Å². The molecule has 10 heteroatoms. The first-order valence-corrected chi connectivity index (χ1v) is 11.5. The number of amidine groups is 2. The first kappa shape index (κ1) is 22.9. The smallest absolute Gasteiger partial charge is 0.325 e. The van der Waals surface area contributed by atoms with Crippen LogP contribution in [0.25, 0.3) is 0 Å². The molecule has 0 fully saturated rings. The van der Waals surface area contributed by atoms with Crippen LogP contribution in [0.4, 0.5) is 24.5 Å². The summed E-state index contributed by atoms with van der Waals surface area (Å²) in [4.78, 5) is 36.2. The average molecular weight is 494 g/mol. The molecule has 6 nitrogen and oxygen atoms in total. The number of carbonyl (C=O) groups is 2. The van der Waals surface area contributed by atoms with E-state index in [9.17, 15) is 22.8 Å². The molecule has 2 aliphatic heterocycles. The van der Waals surface area contributed by atoms with E-state index < -0.39 is 23.7 Å². The van der Waals surface area contributed by atoms with Crippen LogP contribution < -0.4 is 5.32 Å². The number of amides is 2. The van der Waals surface area contributed by atoms with Crippen molar-refractivity contribution >= 4 is 46.0 Å². The molecule has 1 atom stereocenters. The highest BCUT2D eigenvalue weighted by Crippen LogP contribution is 2.39. The third-order valence-electron chi connectivity index (χ3n) is 5.42. The lowest BCUT2D eigenvalue weighted by atomic mass is 10.0. The van der Waals surface area contributed by atoms with Crippen molar-refractivity contribution in [3.8, 4) is 0 Å². The number of benzene rings is 3. The zero-order chi connectivity index (χ0) is 24.6. The van der Waals surface area contributed by atoms with Gasteiger partial charge in [-0.15, -0.1) is 0 Å². The van der Waals surface area contributed by atoms with Crippen LogP contribution in [-0.4, -0.2) is 33.5 Å². The largest absolute Gasteiger partial charge is 0.416 e. The molecular formula is C25H17F3N4O2S. The van der Waals surface area contributed by atoms with Crippen LogP contribution in [0, 0.1) is 0 Å². The summed E-state index contributed by atoms with van der Waals surface area (Å²) >= 11 is 1.08. The van der Waals surface area contributed by atoms with Crippen LogP contribution in [0.2, 0.25) is 0 Å². The lowest BCUT2D eigenvalue weighted by molar-refractivity contribution is -0.137. The number of thioether (sulfide) groups is 1. The van der Waals surface area contributed by atoms with Gasteiger partial charge in [-0.1, -0.05) is 60.3 Å². The Labute approximate surface area is 202 Å². The fourth-order valence-electron chi connectivity index (χ4n) is 3.89. The van der Waals surface area contributed by atoms with Gasteiger partial charge in [0.05, 0.1) is 17.0 Å². The van der Waals surface area contributed by atoms with Crippen LogP contribution in [0.15, 0.2) is 88.8 Å². The number of fused-ring (bicyclic) bond motifs is 3. The monoisotopic (exact) mass is 494 g/mol. The number of nitrogens with one attached hydrogen (secondary N) is 1. The molecule has 0 aromatic heterocycles. The maximum atomic E-state index is 13.0. The molecule has 0 saturated heterocycles. The van der Waals surface area contributed by atoms with Gasteiger partial charge in [-0.3, -0.25) is 14.5 Å². The molecule has 5 rings (SSSR count). The SMILES string of the molecule is O=C(CSC1=Nc2ccccc2C2=NC(=O)C(c3ccccc3)N12)Nc1cccc(C(F)(F)F)c1. The van der Waals surface area contributed by atoms with Gasteiger partial charge in [-0.2, -0.15) is 18.2 Å². The van der Waals surface area contributed by atoms with Gasteiger partial charge in [0.15, 0.2) is 5.17 Å². The minimum Gasteiger partial charge on any atom is -0.325 e. The Kier molecular flexibility index (Phi) is 5.89. The first-order chi connectivity index (χ1) is 16.8. The fraction of sp³-hybridized carbons (Fsp3) is 0.120. The predicted octanol–water partition coefficient (Wildman–Crippen LogP) is 5.41. The zero-order valence-corrected chi connectivity index (χ0v) is 18.8. The summed E-state index contributed by atoms with van der Waals surface area (Å²) in [6, 6.07) is 20.1. The molecule has 0 saturated carbocycles. The second-order valence-electron chi connectivity index (χ2n) is 7.78. The topological polar surface area (TPSA) is 74.1 Å². The van der Waals surface area contributed by atoms with Crippen LogP contribution in [0.3, 0.4) is 0 Å². The number of halogens is 3. The van der Waals surface area contributed by atoms with Gasteiger partial charge in [0.2, 0.25) is 5.91 Å². The van der Waals surface area contributed by atoms with Gasteiger partial charge >= 0.3 is 6.18 Å². The molecule has 3 aromatic rings. The second kappa shape index (κ2) is 9.03. The number of rotatable bonds is 4. The minimum atomic E-state index is -4.51. The quantitative estimate of drug-likeness (QED) is 0.527. The molecule has 2 aliphatic rings. The first-order valence-electron chi connectivity index (χ1n) is 10.6. The Morgan fingerprint density at radius 2 is 1.71 bits per heavy atom. The standard InChI is InChI=1S/C25H17F3N4O2S/c26-25(27,28)16-9-6-10-17(13-16)29-20(33)14-35-24-30-19-12-5-4-11-18(19)22-31-23(34)21(32(22)24)15-7-2-1-3-8-15/h1-13,21H,14H2,(H,29,33). The molecule has 0 radical (unpaired) electrons. The van der Waals surface area contributed by atoms with Crippen LogP contribution in [0.1, 0.15) is 22.7 Å². The number of carbonyl (C=O) groups excluding carboxylic acids is 2. The normalized spacial score (nSPS) is 16.8. The fourth-order valence-corrected chi connectivity index (χ4v) is 4.72. The van der Waals surface area contributed by atoms with Gasteiger partial charge in [-0.25, -0.2) is 4.99 Å². The highest BCUT2D eigenvalue weighted by molar-refractivity contribution is 8.14. The molecule has 2 amide bonds. The molecule has 176 valence electrons. The highest BCUT2D eigenvalue weighted by atomic mass is 32.2. The van der Waals surface area contributed by atoms with E-state index in [0.29, 0.717) is 22.3 Å². The van der Waals surface area contributed by atoms with Crippen molar-refractivity contribution in [3.05, 3.63) is 95.6 Å². The average Bonchev–Trinajstić information content (AvgIpc) is 3.20. The predicted molar refractivity (Wildman–Crippen MR) is 129 cm³/mol. The van der Waals surface area contributed by atoms with Crippen LogP contribution >= 0.6 is 11.8 Å². The molecule has 0 bridgehead atoms. The van der Waals surface area contributed by atoms with Crippen molar-refractivity contribution in [2.45, 2.75) is 12.2 Å². The summed E-state index contributed by atoms with van der Waals surface area (Å²) in [6.07, 6.45) is -4.51. The van der Waals surface area contributed by atoms with Crippen LogP contribution in [-0.2, 0) is 15.8 Å². The van der Waals surface area contributed by atoms with Gasteiger partial charge in [0.25, 0.3) is 5.91 Å². The Morgan fingerprint density at radius 1 is 0.971 bits per heavy atom. The van der Waals surface area contributed by atoms with E-state index in [1.165, 1.54) is 12.1 Å². The molecule has 3 aromatic carbocycles. The van der Waals surface area contributed by atoms with E-state index in [2.05, 4.69) is 15.3 Å². The zero-order valence-electron chi connectivity index (χ0n) is 18.0. The van der Waals surface area contributed by atoms with Crippen molar-refractivity contribution in [2.75, 3.05) is 11.1 Å². The van der Waals surface area contributed by atoms with Gasteiger partial charge in [0.1, 0.15) is 11.9 Å². The Hall–Kier alpha value is -3.92. The van der Waals surface area contributed by atoms with E-state index in [1.54, 1.807) is 11.0 Å². The molecule has 35 heavy (non-hydrogen) atoms. The summed E-state index contributed by atoms with van der Waals surface area (Å²) in [7, 11) is 0. The number of nitrogens with zero attached hydrogens (tertiary/aromatic N) is 3. The minimum absolute atomic E-state index is 0.0436. The second-order valence-corrected chi connectivity index (χ2v) is 8.73. The molecule has 1 unspecified atom stereocenters. The van der Waals surface area contributed by atoms with Gasteiger partial charge in [0, 0.05) is 11.3 Å². The Morgan fingerprint density at radius 3 is 2.49 bits per heavy atom. The number of para-hydroxylation sites is 1. The summed E-state index contributed by atoms with van der Waals surface area (Å²) in [5.41, 5.74) is 1.25. The summed E-state index contributed by atoms with van der Waals surface area (Å²) in [5, 5.41) is 2.90. The Bertz CT molecular complexity index is 1370. The lowest BCUT2D eigenvalue weighted by Gasteiger charge is -2.31. The lowest BCUT2D eigenvalue weighted by Crippen LogP contribution is -2.39. The molecule has 0 aliphatic carbocycles. The van der Waals surface area contributed by atoms with Crippen LogP contribution in [0.5, 0.6) is 0 Å². The summed E-state index contributed by atoms with van der Waals surface area (Å²) in [5.74, 6) is -0.521. The van der Waals surface area contributed by atoms with Crippen molar-refractivity contribution in [3.63, 3.8) is 0 Å². The Balaban J connectivity index is 1.39. The number of hydrogen-bond acceptors (Lipinski definition) is 5. The molecular weight excluding hydrogens is 477 g/mol. The number of alkyl halides is 3. The van der Waals surface area contributed by atoms with Crippen molar-refractivity contribution in [1.82, 2.24) is 4.90 Å². The van der Waals surface area contributed by atoms with Gasteiger partial charge in [-0.05, 0) is 35.9 Å². The maximum Gasteiger partial charge on any atom is 0.416 e. The third-order valence-corrected chi connectivity index (χ3v) is 6.38. The van der Waals surface area contributed by atoms with Crippen molar-refractivity contribution in [1.29, 1.82) is 0 Å². The third kappa shape index (κ3) is 4.57. The molecule has 0 spiro atoms. The maximum absolute atomic E-state index is 13.0. The van der Waals surface area contributed by atoms with E-state index in [4.69, 9.17) is 0 Å². The van der Waals surface area contributed by atoms with Gasteiger partial charge < -0.3 is 5.32 Å². The summed E-state index contributed by atoms with van der Waals surface area (Å²) in [6.45, 7) is 0.